The number of carbonyl (C=O) groups excluding carboxylic acids is 3. The van der Waals surface area contributed by atoms with Gasteiger partial charge in [-0.25, -0.2) is 4.98 Å². The van der Waals surface area contributed by atoms with Crippen LogP contribution in [0.15, 0.2) is 36.5 Å². The summed E-state index contributed by atoms with van der Waals surface area (Å²) in [5.74, 6) is 1.18. The number of anilines is 2. The van der Waals surface area contributed by atoms with Crippen molar-refractivity contribution in [1.29, 1.82) is 0 Å². The van der Waals surface area contributed by atoms with Crippen molar-refractivity contribution in [2.45, 2.75) is 140 Å². The highest BCUT2D eigenvalue weighted by atomic mass is 16.2. The molecule has 2 aromatic rings. The van der Waals surface area contributed by atoms with Crippen LogP contribution >= 0.6 is 0 Å². The molecule has 1 saturated heterocycles. The van der Waals surface area contributed by atoms with Crippen molar-refractivity contribution >= 4 is 29.2 Å². The number of hydrogen-bond acceptors (Lipinski definition) is 5. The van der Waals surface area contributed by atoms with Crippen molar-refractivity contribution < 1.29 is 14.4 Å². The molecular formula is C39H55N5O3. The van der Waals surface area contributed by atoms with Gasteiger partial charge in [-0.1, -0.05) is 96.1 Å². The molecule has 1 aromatic carbocycles. The molecule has 4 aliphatic rings. The number of unbranched alkanes of at least 4 members (excludes halogenated alkanes) is 12. The van der Waals surface area contributed by atoms with E-state index < -0.39 is 5.41 Å². The molecule has 3 amide bonds. The summed E-state index contributed by atoms with van der Waals surface area (Å²) < 4.78 is 0. The minimum atomic E-state index is -0.639. The van der Waals surface area contributed by atoms with Crippen molar-refractivity contribution in [2.24, 2.45) is 5.92 Å². The van der Waals surface area contributed by atoms with E-state index in [1.165, 1.54) is 70.6 Å². The smallest absolute Gasteiger partial charge is 0.244 e. The molecule has 3 N–H and O–H groups in total. The topological polar surface area (TPSA) is 103 Å². The molecular weight excluding hydrogens is 586 g/mol. The summed E-state index contributed by atoms with van der Waals surface area (Å²) in [7, 11) is 0. The van der Waals surface area contributed by atoms with E-state index in [0.29, 0.717) is 36.7 Å². The lowest BCUT2D eigenvalue weighted by molar-refractivity contribution is -0.137. The van der Waals surface area contributed by atoms with Crippen LogP contribution < -0.4 is 16.0 Å². The Morgan fingerprint density at radius 1 is 0.915 bits per heavy atom. The number of nitrogens with one attached hydrogen (secondary N) is 3. The van der Waals surface area contributed by atoms with Gasteiger partial charge in [0.25, 0.3) is 0 Å². The zero-order valence-corrected chi connectivity index (χ0v) is 28.5. The Balaban J connectivity index is 0.969. The fraction of sp³-hybridized carbons (Fsp3) is 0.641. The second kappa shape index (κ2) is 15.8. The number of nitrogens with zero attached hydrogens (tertiary/aromatic N) is 2. The summed E-state index contributed by atoms with van der Waals surface area (Å²) in [6, 6.07) is 10.2. The van der Waals surface area contributed by atoms with Crippen molar-refractivity contribution in [1.82, 2.24) is 15.2 Å². The van der Waals surface area contributed by atoms with E-state index in [-0.39, 0.29) is 36.3 Å². The van der Waals surface area contributed by atoms with Crippen LogP contribution in [0.3, 0.4) is 0 Å². The van der Waals surface area contributed by atoms with Crippen molar-refractivity contribution in [3.63, 3.8) is 0 Å². The molecule has 1 spiro atoms. The first-order chi connectivity index (χ1) is 23.0. The predicted octanol–water partition coefficient (Wildman–Crippen LogP) is 7.07. The molecule has 2 aliphatic carbocycles. The van der Waals surface area contributed by atoms with Crippen LogP contribution in [-0.2, 0) is 32.6 Å². The van der Waals surface area contributed by atoms with Gasteiger partial charge in [-0.15, -0.1) is 0 Å². The standard InChI is InChI=1S/C39H55N5O3/c1-2-3-4-5-6-7-8-9-10-11-12-13-14-17-36(46)44(34-22-28-21-33(34)41-26-28)27-35(45)42-31-19-18-29-24-39(25-30(29)23-31)32-16-15-20-40-37(32)43-38(39)47/h15-16,18-20,23,28,33-34,41H,2-14,17,21-22,24-27H2,1H3,(H,42,45)(H,40,43,47)/t28?,33?,34?,39-/m1/s1. The van der Waals surface area contributed by atoms with Crippen LogP contribution in [-0.4, -0.2) is 52.8 Å². The molecule has 2 fully saturated rings. The lowest BCUT2D eigenvalue weighted by Crippen LogP contribution is -2.52. The molecule has 0 radical (unpaired) electrons. The Labute approximate surface area is 281 Å². The lowest BCUT2D eigenvalue weighted by Gasteiger charge is -2.34. The van der Waals surface area contributed by atoms with Gasteiger partial charge in [0.2, 0.25) is 17.7 Å². The number of carbonyl (C=O) groups is 3. The molecule has 4 atom stereocenters. The lowest BCUT2D eigenvalue weighted by atomic mass is 9.79. The van der Waals surface area contributed by atoms with Gasteiger partial charge in [-0.05, 0) is 73.9 Å². The first-order valence-corrected chi connectivity index (χ1v) is 18.7. The number of aromatic nitrogens is 1. The van der Waals surface area contributed by atoms with Crippen molar-refractivity contribution in [3.8, 4) is 0 Å². The van der Waals surface area contributed by atoms with Gasteiger partial charge >= 0.3 is 0 Å². The average molecular weight is 642 g/mol. The highest BCUT2D eigenvalue weighted by Crippen LogP contribution is 2.47. The molecule has 254 valence electrons. The molecule has 2 bridgehead atoms. The third-order valence-corrected chi connectivity index (χ3v) is 11.3. The Morgan fingerprint density at radius 3 is 2.30 bits per heavy atom. The van der Waals surface area contributed by atoms with E-state index in [2.05, 4.69) is 27.9 Å². The van der Waals surface area contributed by atoms with Crippen LogP contribution in [0.25, 0.3) is 0 Å². The summed E-state index contributed by atoms with van der Waals surface area (Å²) in [6.07, 6.45) is 22.1. The Morgan fingerprint density at radius 2 is 1.62 bits per heavy atom. The summed E-state index contributed by atoms with van der Waals surface area (Å²) in [4.78, 5) is 46.4. The molecule has 1 aromatic heterocycles. The second-order valence-corrected chi connectivity index (χ2v) is 14.8. The fourth-order valence-corrected chi connectivity index (χ4v) is 8.69. The van der Waals surface area contributed by atoms with Gasteiger partial charge in [0.05, 0.1) is 5.41 Å². The normalized spacial score (nSPS) is 23.6. The van der Waals surface area contributed by atoms with Crippen LogP contribution in [0, 0.1) is 5.92 Å². The maximum Gasteiger partial charge on any atom is 0.244 e. The first-order valence-electron chi connectivity index (χ1n) is 18.7. The third-order valence-electron chi connectivity index (χ3n) is 11.3. The SMILES string of the molecule is CCCCCCCCCCCCCCCC(=O)N(CC(=O)Nc1ccc2c(c1)C[C@@]1(C2)C(=O)Nc2ncccc21)C1CC2CNC1C2. The maximum absolute atomic E-state index is 13.6. The molecule has 8 nitrogen and oxygen atoms in total. The molecule has 1 saturated carbocycles. The van der Waals surface area contributed by atoms with Crippen LogP contribution in [0.4, 0.5) is 11.5 Å². The summed E-state index contributed by atoms with van der Waals surface area (Å²) >= 11 is 0. The predicted molar refractivity (Wildman–Crippen MR) is 187 cm³/mol. The van der Waals surface area contributed by atoms with Gasteiger partial charge in [0, 0.05) is 36.0 Å². The zero-order valence-electron chi connectivity index (χ0n) is 28.5. The zero-order chi connectivity index (χ0) is 32.6. The molecule has 2 aliphatic heterocycles. The number of piperidine rings is 1. The van der Waals surface area contributed by atoms with E-state index in [4.69, 9.17) is 0 Å². The number of pyridine rings is 1. The maximum atomic E-state index is 13.6. The van der Waals surface area contributed by atoms with E-state index in [1.54, 1.807) is 6.20 Å². The van der Waals surface area contributed by atoms with Gasteiger partial charge in [0.1, 0.15) is 12.4 Å². The molecule has 3 heterocycles. The summed E-state index contributed by atoms with van der Waals surface area (Å²) in [6.45, 7) is 3.36. The monoisotopic (exact) mass is 641 g/mol. The largest absolute Gasteiger partial charge is 0.329 e. The first kappa shape index (κ1) is 33.6. The van der Waals surface area contributed by atoms with E-state index >= 15 is 0 Å². The quantitative estimate of drug-likeness (QED) is 0.151. The van der Waals surface area contributed by atoms with E-state index in [0.717, 1.165) is 48.9 Å². The number of hydrogen-bond donors (Lipinski definition) is 3. The number of fused-ring (bicyclic) bond motifs is 5. The van der Waals surface area contributed by atoms with Gasteiger partial charge in [0.15, 0.2) is 0 Å². The highest BCUT2D eigenvalue weighted by molar-refractivity contribution is 6.06. The summed E-state index contributed by atoms with van der Waals surface area (Å²) in [5.41, 5.74) is 3.22. The van der Waals surface area contributed by atoms with E-state index in [1.807, 2.05) is 35.2 Å². The van der Waals surface area contributed by atoms with Gasteiger partial charge < -0.3 is 20.9 Å². The Hall–Kier alpha value is -3.26. The van der Waals surface area contributed by atoms with Crippen LogP contribution in [0.5, 0.6) is 0 Å². The fourth-order valence-electron chi connectivity index (χ4n) is 8.69. The molecule has 3 unspecified atom stereocenters. The van der Waals surface area contributed by atoms with Crippen LogP contribution in [0.2, 0.25) is 0 Å². The molecule has 47 heavy (non-hydrogen) atoms. The second-order valence-electron chi connectivity index (χ2n) is 14.8. The highest BCUT2D eigenvalue weighted by Gasteiger charge is 2.51. The number of amides is 3. The van der Waals surface area contributed by atoms with E-state index in [9.17, 15) is 14.4 Å². The summed E-state index contributed by atoms with van der Waals surface area (Å²) in [5, 5.41) is 9.63. The van der Waals surface area contributed by atoms with Crippen molar-refractivity contribution in [3.05, 3.63) is 53.2 Å². The number of rotatable bonds is 18. The molecule has 8 heteroatoms. The Kier molecular flexibility index (Phi) is 11.3. The minimum Gasteiger partial charge on any atom is -0.329 e. The van der Waals surface area contributed by atoms with Crippen molar-refractivity contribution in [2.75, 3.05) is 23.7 Å². The van der Waals surface area contributed by atoms with Gasteiger partial charge in [-0.3, -0.25) is 14.4 Å². The minimum absolute atomic E-state index is 0.00916. The third kappa shape index (κ3) is 7.90. The molecule has 6 rings (SSSR count). The van der Waals surface area contributed by atoms with Crippen LogP contribution in [0.1, 0.15) is 126 Å². The van der Waals surface area contributed by atoms with Gasteiger partial charge in [-0.2, -0.15) is 0 Å². The number of benzene rings is 1. The Bertz CT molecular complexity index is 1410. The average Bonchev–Trinajstić information content (AvgIpc) is 3.85.